The molecule has 2 rings (SSSR count). The van der Waals surface area contributed by atoms with Crippen molar-refractivity contribution in [3.63, 3.8) is 0 Å². The van der Waals surface area contributed by atoms with Crippen LogP contribution in [0, 0.1) is 0 Å². The molecular weight excluding hydrogens is 262 g/mol. The maximum Gasteiger partial charge on any atom is 0.259 e. The Hall–Kier alpha value is -2.34. The minimum atomic E-state index is -0.352. The SMILES string of the molecule is CN(C)C(=O)COc1ccc2c(=O)cc(CO)oc2c1. The Morgan fingerprint density at radius 2 is 2.10 bits per heavy atom. The van der Waals surface area contributed by atoms with E-state index in [1.165, 1.54) is 17.0 Å². The van der Waals surface area contributed by atoms with E-state index in [4.69, 9.17) is 14.3 Å². The molecule has 0 aliphatic rings. The van der Waals surface area contributed by atoms with Crippen LogP contribution in [-0.4, -0.2) is 36.6 Å². The molecule has 1 aromatic carbocycles. The third-order valence-electron chi connectivity index (χ3n) is 2.77. The molecular formula is C14H15NO5. The number of amides is 1. The molecule has 0 saturated heterocycles. The Labute approximate surface area is 115 Å². The van der Waals surface area contributed by atoms with Crippen LogP contribution in [0.1, 0.15) is 5.76 Å². The summed E-state index contributed by atoms with van der Waals surface area (Å²) in [5, 5.41) is 9.41. The number of nitrogens with zero attached hydrogens (tertiary/aromatic N) is 1. The van der Waals surface area contributed by atoms with Crippen molar-refractivity contribution in [3.05, 3.63) is 40.2 Å². The molecule has 0 atom stereocenters. The summed E-state index contributed by atoms with van der Waals surface area (Å²) in [5.74, 6) is 0.436. The summed E-state index contributed by atoms with van der Waals surface area (Å²) in [5.41, 5.74) is 0.0857. The number of likely N-dealkylation sites (N-methyl/N-ethyl adjacent to an activating group) is 1. The molecule has 1 N–H and O–H groups in total. The number of hydrogen-bond donors (Lipinski definition) is 1. The monoisotopic (exact) mass is 277 g/mol. The van der Waals surface area contributed by atoms with Crippen LogP contribution in [0.3, 0.4) is 0 Å². The fourth-order valence-corrected chi connectivity index (χ4v) is 1.63. The predicted molar refractivity (Wildman–Crippen MR) is 72.6 cm³/mol. The lowest BCUT2D eigenvalue weighted by molar-refractivity contribution is -0.130. The van der Waals surface area contributed by atoms with Gasteiger partial charge in [-0.2, -0.15) is 0 Å². The Bertz CT molecular complexity index is 690. The van der Waals surface area contributed by atoms with E-state index in [2.05, 4.69) is 0 Å². The summed E-state index contributed by atoms with van der Waals surface area (Å²) in [7, 11) is 3.28. The summed E-state index contributed by atoms with van der Waals surface area (Å²) in [4.78, 5) is 24.6. The van der Waals surface area contributed by atoms with Gasteiger partial charge >= 0.3 is 0 Å². The highest BCUT2D eigenvalue weighted by Crippen LogP contribution is 2.19. The van der Waals surface area contributed by atoms with Gasteiger partial charge in [0, 0.05) is 26.2 Å². The first kappa shape index (κ1) is 14.1. The number of benzene rings is 1. The second kappa shape index (κ2) is 5.75. The lowest BCUT2D eigenvalue weighted by Crippen LogP contribution is -2.27. The van der Waals surface area contributed by atoms with Crippen molar-refractivity contribution >= 4 is 16.9 Å². The molecule has 0 saturated carbocycles. The third-order valence-corrected chi connectivity index (χ3v) is 2.77. The Balaban J connectivity index is 2.29. The molecule has 0 bridgehead atoms. The van der Waals surface area contributed by atoms with Gasteiger partial charge in [0.15, 0.2) is 12.0 Å². The van der Waals surface area contributed by atoms with E-state index in [0.717, 1.165) is 0 Å². The summed E-state index contributed by atoms with van der Waals surface area (Å²) >= 11 is 0. The highest BCUT2D eigenvalue weighted by atomic mass is 16.5. The lowest BCUT2D eigenvalue weighted by Gasteiger charge is -2.11. The van der Waals surface area contributed by atoms with E-state index in [0.29, 0.717) is 16.7 Å². The van der Waals surface area contributed by atoms with Crippen LogP contribution in [-0.2, 0) is 11.4 Å². The number of fused-ring (bicyclic) bond motifs is 1. The van der Waals surface area contributed by atoms with Crippen molar-refractivity contribution in [2.75, 3.05) is 20.7 Å². The second-order valence-electron chi connectivity index (χ2n) is 4.47. The molecule has 0 unspecified atom stereocenters. The van der Waals surface area contributed by atoms with Crippen molar-refractivity contribution in [2.24, 2.45) is 0 Å². The van der Waals surface area contributed by atoms with Crippen LogP contribution in [0.15, 0.2) is 33.5 Å². The first-order valence-corrected chi connectivity index (χ1v) is 6.02. The number of hydrogen-bond acceptors (Lipinski definition) is 5. The smallest absolute Gasteiger partial charge is 0.259 e. The Morgan fingerprint density at radius 1 is 1.35 bits per heavy atom. The normalized spacial score (nSPS) is 10.6. The standard InChI is InChI=1S/C14H15NO5/c1-15(2)14(18)8-19-9-3-4-11-12(17)5-10(7-16)20-13(11)6-9/h3-6,16H,7-8H2,1-2H3. The predicted octanol–water partition coefficient (Wildman–Crippen LogP) is 0.752. The maximum absolute atomic E-state index is 11.8. The number of carbonyl (C=O) groups excluding carboxylic acids is 1. The molecule has 0 radical (unpaired) electrons. The van der Waals surface area contributed by atoms with Crippen LogP contribution in [0.2, 0.25) is 0 Å². The van der Waals surface area contributed by atoms with Gasteiger partial charge in [-0.3, -0.25) is 9.59 Å². The summed E-state index contributed by atoms with van der Waals surface area (Å²) in [6, 6.07) is 5.94. The average molecular weight is 277 g/mol. The first-order chi connectivity index (χ1) is 9.51. The number of carbonyl (C=O) groups is 1. The molecule has 6 nitrogen and oxygen atoms in total. The van der Waals surface area contributed by atoms with E-state index >= 15 is 0 Å². The van der Waals surface area contributed by atoms with Gasteiger partial charge in [-0.15, -0.1) is 0 Å². The van der Waals surface area contributed by atoms with Gasteiger partial charge in [0.1, 0.15) is 23.7 Å². The van der Waals surface area contributed by atoms with Crippen molar-refractivity contribution in [1.29, 1.82) is 0 Å². The summed E-state index contributed by atoms with van der Waals surface area (Å²) in [6.07, 6.45) is 0. The molecule has 2 aromatic rings. The van der Waals surface area contributed by atoms with E-state index < -0.39 is 0 Å². The lowest BCUT2D eigenvalue weighted by atomic mass is 10.2. The van der Waals surface area contributed by atoms with Gasteiger partial charge in [0.05, 0.1) is 5.39 Å². The minimum Gasteiger partial charge on any atom is -0.484 e. The number of aliphatic hydroxyl groups is 1. The van der Waals surface area contributed by atoms with Crippen LogP contribution < -0.4 is 10.2 Å². The Kier molecular flexibility index (Phi) is 4.05. The number of rotatable bonds is 4. The zero-order valence-electron chi connectivity index (χ0n) is 11.3. The fourth-order valence-electron chi connectivity index (χ4n) is 1.63. The van der Waals surface area contributed by atoms with Crippen LogP contribution >= 0.6 is 0 Å². The highest BCUT2D eigenvalue weighted by Gasteiger charge is 2.08. The zero-order valence-corrected chi connectivity index (χ0v) is 11.3. The van der Waals surface area contributed by atoms with Crippen LogP contribution in [0.25, 0.3) is 11.0 Å². The second-order valence-corrected chi connectivity index (χ2v) is 4.47. The van der Waals surface area contributed by atoms with Crippen molar-refractivity contribution in [1.82, 2.24) is 4.90 Å². The number of aliphatic hydroxyl groups excluding tert-OH is 1. The minimum absolute atomic E-state index is 0.0948. The molecule has 1 aromatic heterocycles. The van der Waals surface area contributed by atoms with Crippen LogP contribution in [0.5, 0.6) is 5.75 Å². The van der Waals surface area contributed by atoms with E-state index in [9.17, 15) is 9.59 Å². The summed E-state index contributed by atoms with van der Waals surface area (Å²) < 4.78 is 10.7. The molecule has 6 heteroatoms. The largest absolute Gasteiger partial charge is 0.484 e. The maximum atomic E-state index is 11.8. The first-order valence-electron chi connectivity index (χ1n) is 6.02. The molecule has 0 fully saturated rings. The summed E-state index contributed by atoms with van der Waals surface area (Å²) in [6.45, 7) is -0.447. The van der Waals surface area contributed by atoms with Crippen molar-refractivity contribution in [3.8, 4) is 5.75 Å². The third kappa shape index (κ3) is 2.97. The average Bonchev–Trinajstić information content (AvgIpc) is 2.43. The molecule has 0 spiro atoms. The van der Waals surface area contributed by atoms with Gasteiger partial charge in [0.2, 0.25) is 0 Å². The highest BCUT2D eigenvalue weighted by molar-refractivity contribution is 5.79. The molecule has 1 amide bonds. The molecule has 106 valence electrons. The van der Waals surface area contributed by atoms with Gasteiger partial charge in [0.25, 0.3) is 5.91 Å². The zero-order chi connectivity index (χ0) is 14.7. The fraction of sp³-hybridized carbons (Fsp3) is 0.286. The van der Waals surface area contributed by atoms with Gasteiger partial charge < -0.3 is 19.2 Å². The number of ether oxygens (including phenoxy) is 1. The molecule has 20 heavy (non-hydrogen) atoms. The molecule has 0 aliphatic carbocycles. The van der Waals surface area contributed by atoms with Gasteiger partial charge in [-0.05, 0) is 12.1 Å². The van der Waals surface area contributed by atoms with Crippen LogP contribution in [0.4, 0.5) is 0 Å². The van der Waals surface area contributed by atoms with Crippen molar-refractivity contribution < 1.29 is 19.1 Å². The molecule has 1 heterocycles. The quantitative estimate of drug-likeness (QED) is 0.892. The molecule has 0 aliphatic heterocycles. The topological polar surface area (TPSA) is 80.0 Å². The van der Waals surface area contributed by atoms with Gasteiger partial charge in [-0.25, -0.2) is 0 Å². The van der Waals surface area contributed by atoms with E-state index in [1.807, 2.05) is 0 Å². The van der Waals surface area contributed by atoms with Gasteiger partial charge in [-0.1, -0.05) is 0 Å². The van der Waals surface area contributed by atoms with E-state index in [-0.39, 0.29) is 30.3 Å². The van der Waals surface area contributed by atoms with E-state index in [1.54, 1.807) is 26.2 Å². The van der Waals surface area contributed by atoms with Crippen molar-refractivity contribution in [2.45, 2.75) is 6.61 Å². The Morgan fingerprint density at radius 3 is 2.75 bits per heavy atom.